The zero-order valence-corrected chi connectivity index (χ0v) is 11.2. The van der Waals surface area contributed by atoms with Crippen LogP contribution in [0.5, 0.6) is 0 Å². The lowest BCUT2D eigenvalue weighted by molar-refractivity contribution is 0.570. The average Bonchev–Trinajstić information content (AvgIpc) is 2.26. The Labute approximate surface area is 110 Å². The van der Waals surface area contributed by atoms with Crippen molar-refractivity contribution in [3.05, 3.63) is 47.5 Å². The lowest BCUT2D eigenvalue weighted by Gasteiger charge is -2.08. The molecular formula is C12H12FN3O2S. The van der Waals surface area contributed by atoms with E-state index >= 15 is 0 Å². The van der Waals surface area contributed by atoms with E-state index in [2.05, 4.69) is 14.7 Å². The Morgan fingerprint density at radius 2 is 1.68 bits per heavy atom. The molecule has 19 heavy (non-hydrogen) atoms. The van der Waals surface area contributed by atoms with Crippen molar-refractivity contribution in [1.82, 2.24) is 9.97 Å². The molecule has 0 aliphatic carbocycles. The molecule has 0 saturated heterocycles. The van der Waals surface area contributed by atoms with Crippen LogP contribution in [0.1, 0.15) is 11.4 Å². The molecule has 0 fully saturated rings. The summed E-state index contributed by atoms with van der Waals surface area (Å²) in [4.78, 5) is 7.47. The topological polar surface area (TPSA) is 72.0 Å². The maximum Gasteiger partial charge on any atom is 0.267 e. The van der Waals surface area contributed by atoms with Crippen molar-refractivity contribution in [2.24, 2.45) is 0 Å². The monoisotopic (exact) mass is 281 g/mol. The summed E-state index contributed by atoms with van der Waals surface area (Å²) in [5, 5.41) is 0. The fourth-order valence-electron chi connectivity index (χ4n) is 1.61. The van der Waals surface area contributed by atoms with Gasteiger partial charge in [-0.2, -0.15) is 0 Å². The summed E-state index contributed by atoms with van der Waals surface area (Å²) in [6.45, 7) is 3.44. The van der Waals surface area contributed by atoms with E-state index in [1.165, 1.54) is 18.2 Å². The molecular weight excluding hydrogens is 269 g/mol. The Hall–Kier alpha value is -2.02. The number of rotatable bonds is 3. The van der Waals surface area contributed by atoms with Crippen molar-refractivity contribution >= 4 is 16.0 Å². The highest BCUT2D eigenvalue weighted by molar-refractivity contribution is 7.92. The highest BCUT2D eigenvalue weighted by Crippen LogP contribution is 2.16. The molecule has 100 valence electrons. The van der Waals surface area contributed by atoms with Crippen molar-refractivity contribution in [3.8, 4) is 0 Å². The molecule has 0 amide bonds. The SMILES string of the molecule is Cc1cc(C)nc(NS(=O)(=O)c2ccccc2F)n1. The minimum atomic E-state index is -4.03. The van der Waals surface area contributed by atoms with Gasteiger partial charge in [0.15, 0.2) is 0 Å². The van der Waals surface area contributed by atoms with Crippen LogP contribution in [0, 0.1) is 19.7 Å². The van der Waals surface area contributed by atoms with Crippen LogP contribution in [0.15, 0.2) is 35.2 Å². The zero-order chi connectivity index (χ0) is 14.0. The number of sulfonamides is 1. The largest absolute Gasteiger partial charge is 0.267 e. The van der Waals surface area contributed by atoms with E-state index in [9.17, 15) is 12.8 Å². The van der Waals surface area contributed by atoms with Crippen LogP contribution in [0.25, 0.3) is 0 Å². The predicted octanol–water partition coefficient (Wildman–Crippen LogP) is 2.03. The van der Waals surface area contributed by atoms with Gasteiger partial charge >= 0.3 is 0 Å². The molecule has 1 N–H and O–H groups in total. The summed E-state index contributed by atoms with van der Waals surface area (Å²) >= 11 is 0. The minimum absolute atomic E-state index is 0.0687. The van der Waals surface area contributed by atoms with E-state index in [-0.39, 0.29) is 5.95 Å². The molecule has 0 unspecified atom stereocenters. The Morgan fingerprint density at radius 3 is 2.26 bits per heavy atom. The van der Waals surface area contributed by atoms with Gasteiger partial charge in [0.05, 0.1) is 0 Å². The first-order valence-corrected chi connectivity index (χ1v) is 6.96. The van der Waals surface area contributed by atoms with Crippen molar-refractivity contribution in [2.75, 3.05) is 4.72 Å². The van der Waals surface area contributed by atoms with Crippen LogP contribution in [-0.4, -0.2) is 18.4 Å². The van der Waals surface area contributed by atoms with E-state index < -0.39 is 20.7 Å². The molecule has 1 aromatic carbocycles. The van der Waals surface area contributed by atoms with Gasteiger partial charge in [-0.25, -0.2) is 27.5 Å². The molecule has 1 aromatic heterocycles. The number of nitrogens with one attached hydrogen (secondary N) is 1. The molecule has 5 nitrogen and oxygen atoms in total. The Balaban J connectivity index is 2.39. The summed E-state index contributed by atoms with van der Waals surface area (Å²) in [5.74, 6) is -0.889. The number of nitrogens with zero attached hydrogens (tertiary/aromatic N) is 2. The number of hydrogen-bond donors (Lipinski definition) is 1. The lowest BCUT2D eigenvalue weighted by Crippen LogP contribution is -2.17. The van der Waals surface area contributed by atoms with Crippen molar-refractivity contribution in [2.45, 2.75) is 18.7 Å². The number of aryl methyl sites for hydroxylation is 2. The van der Waals surface area contributed by atoms with Gasteiger partial charge < -0.3 is 0 Å². The standard InChI is InChI=1S/C12H12FN3O2S/c1-8-7-9(2)15-12(14-8)16-19(17,18)11-6-4-3-5-10(11)13/h3-7H,1-2H3,(H,14,15,16). The zero-order valence-electron chi connectivity index (χ0n) is 10.4. The summed E-state index contributed by atoms with van der Waals surface area (Å²) in [5.41, 5.74) is 1.25. The van der Waals surface area contributed by atoms with Crippen LogP contribution in [0.4, 0.5) is 10.3 Å². The lowest BCUT2D eigenvalue weighted by atomic mass is 10.3. The first-order valence-electron chi connectivity index (χ1n) is 5.48. The van der Waals surface area contributed by atoms with Crippen LogP contribution in [0.3, 0.4) is 0 Å². The van der Waals surface area contributed by atoms with Gasteiger partial charge in [0.25, 0.3) is 10.0 Å². The van der Waals surface area contributed by atoms with Gasteiger partial charge in [-0.05, 0) is 32.0 Å². The molecule has 7 heteroatoms. The van der Waals surface area contributed by atoms with Crippen molar-refractivity contribution < 1.29 is 12.8 Å². The van der Waals surface area contributed by atoms with Crippen LogP contribution in [0.2, 0.25) is 0 Å². The van der Waals surface area contributed by atoms with Gasteiger partial charge in [0.1, 0.15) is 10.7 Å². The Bertz CT molecular complexity index is 696. The molecule has 0 aliphatic rings. The van der Waals surface area contributed by atoms with E-state index in [4.69, 9.17) is 0 Å². The Morgan fingerprint density at radius 1 is 1.11 bits per heavy atom. The minimum Gasteiger partial charge on any atom is -0.247 e. The smallest absolute Gasteiger partial charge is 0.247 e. The van der Waals surface area contributed by atoms with Crippen LogP contribution < -0.4 is 4.72 Å². The quantitative estimate of drug-likeness (QED) is 0.934. The second kappa shape index (κ2) is 4.93. The first kappa shape index (κ1) is 13.4. The summed E-state index contributed by atoms with van der Waals surface area (Å²) in [6.07, 6.45) is 0. The van der Waals surface area contributed by atoms with E-state index in [0.29, 0.717) is 11.4 Å². The number of aromatic nitrogens is 2. The molecule has 0 saturated carbocycles. The number of anilines is 1. The maximum atomic E-state index is 13.5. The van der Waals surface area contributed by atoms with Gasteiger partial charge in [0, 0.05) is 11.4 Å². The van der Waals surface area contributed by atoms with Gasteiger partial charge in [-0.3, -0.25) is 0 Å². The van der Waals surface area contributed by atoms with Crippen molar-refractivity contribution in [3.63, 3.8) is 0 Å². The summed E-state index contributed by atoms with van der Waals surface area (Å²) in [7, 11) is -4.03. The van der Waals surface area contributed by atoms with Gasteiger partial charge in [-0.1, -0.05) is 12.1 Å². The molecule has 2 aromatic rings. The molecule has 0 atom stereocenters. The van der Waals surface area contributed by atoms with Crippen LogP contribution >= 0.6 is 0 Å². The summed E-state index contributed by atoms with van der Waals surface area (Å²) < 4.78 is 39.7. The second-order valence-corrected chi connectivity index (χ2v) is 5.66. The van der Waals surface area contributed by atoms with E-state index in [1.54, 1.807) is 19.9 Å². The average molecular weight is 281 g/mol. The fraction of sp³-hybridized carbons (Fsp3) is 0.167. The third kappa shape index (κ3) is 3.05. The molecule has 2 rings (SSSR count). The molecule has 0 bridgehead atoms. The maximum absolute atomic E-state index is 13.5. The normalized spacial score (nSPS) is 11.3. The van der Waals surface area contributed by atoms with Gasteiger partial charge in [0.2, 0.25) is 5.95 Å². The van der Waals surface area contributed by atoms with E-state index in [1.807, 2.05) is 0 Å². The Kier molecular flexibility index (Phi) is 3.48. The third-order valence-electron chi connectivity index (χ3n) is 2.33. The van der Waals surface area contributed by atoms with Crippen LogP contribution in [-0.2, 0) is 10.0 Å². The molecule has 1 heterocycles. The molecule has 0 spiro atoms. The van der Waals surface area contributed by atoms with Gasteiger partial charge in [-0.15, -0.1) is 0 Å². The number of benzene rings is 1. The third-order valence-corrected chi connectivity index (χ3v) is 3.70. The second-order valence-electron chi connectivity index (χ2n) is 4.01. The predicted molar refractivity (Wildman–Crippen MR) is 68.7 cm³/mol. The fourth-order valence-corrected chi connectivity index (χ4v) is 2.63. The molecule has 0 aliphatic heterocycles. The van der Waals surface area contributed by atoms with Crippen molar-refractivity contribution in [1.29, 1.82) is 0 Å². The highest BCUT2D eigenvalue weighted by atomic mass is 32.2. The summed E-state index contributed by atoms with van der Waals surface area (Å²) in [6, 6.07) is 6.83. The first-order chi connectivity index (χ1) is 8.88. The number of hydrogen-bond acceptors (Lipinski definition) is 4. The van der Waals surface area contributed by atoms with E-state index in [0.717, 1.165) is 6.07 Å². The number of halogens is 1. The molecule has 0 radical (unpaired) electrons. The highest BCUT2D eigenvalue weighted by Gasteiger charge is 2.19.